The summed E-state index contributed by atoms with van der Waals surface area (Å²) in [5.41, 5.74) is 0.235. The molecule has 1 aromatic heterocycles. The molecule has 0 unspecified atom stereocenters. The average Bonchev–Trinajstić information content (AvgIpc) is 2.32. The number of unbranched alkanes of at least 4 members (excludes halogenated alkanes) is 1. The Morgan fingerprint density at radius 3 is 2.88 bits per heavy atom. The van der Waals surface area contributed by atoms with E-state index in [1.165, 1.54) is 6.07 Å². The van der Waals surface area contributed by atoms with Crippen LogP contribution in [0.4, 0.5) is 0 Å². The molecule has 0 aliphatic rings. The van der Waals surface area contributed by atoms with Gasteiger partial charge in [-0.15, -0.1) is 10.2 Å². The Balaban J connectivity index is 2.44. The van der Waals surface area contributed by atoms with Gasteiger partial charge in [0, 0.05) is 20.3 Å². The zero-order chi connectivity index (χ0) is 12.7. The van der Waals surface area contributed by atoms with Crippen LogP contribution in [0.3, 0.4) is 0 Å². The van der Waals surface area contributed by atoms with Crippen molar-refractivity contribution in [2.45, 2.75) is 12.8 Å². The van der Waals surface area contributed by atoms with Gasteiger partial charge in [-0.25, -0.2) is 0 Å². The van der Waals surface area contributed by atoms with Crippen LogP contribution in [0.25, 0.3) is 0 Å². The van der Waals surface area contributed by atoms with Crippen LogP contribution in [-0.2, 0) is 4.74 Å². The van der Waals surface area contributed by atoms with Crippen molar-refractivity contribution in [3.8, 4) is 0 Å². The molecule has 0 saturated heterocycles. The predicted molar refractivity (Wildman–Crippen MR) is 65.5 cm³/mol. The summed E-state index contributed by atoms with van der Waals surface area (Å²) in [5.74, 6) is -0.302. The first kappa shape index (κ1) is 14.2. The van der Waals surface area contributed by atoms with Crippen LogP contribution >= 0.6 is 23.2 Å². The first-order chi connectivity index (χ1) is 8.15. The molecule has 5 nitrogen and oxygen atoms in total. The molecular formula is C10H13Cl2N3O2. The Hall–Kier alpha value is -0.910. The summed E-state index contributed by atoms with van der Waals surface area (Å²) in [7, 11) is 1.64. The SMILES string of the molecule is COCCCCNC(=O)c1cc(Cl)nnc1Cl. The Morgan fingerprint density at radius 2 is 2.18 bits per heavy atom. The van der Waals surface area contributed by atoms with Crippen LogP contribution in [0.1, 0.15) is 23.2 Å². The summed E-state index contributed by atoms with van der Waals surface area (Å²) in [4.78, 5) is 11.7. The molecule has 0 aromatic carbocycles. The number of aromatic nitrogens is 2. The minimum Gasteiger partial charge on any atom is -0.385 e. The van der Waals surface area contributed by atoms with E-state index in [0.29, 0.717) is 13.2 Å². The van der Waals surface area contributed by atoms with E-state index in [-0.39, 0.29) is 21.8 Å². The summed E-state index contributed by atoms with van der Waals surface area (Å²) in [6.07, 6.45) is 1.73. The van der Waals surface area contributed by atoms with E-state index in [1.54, 1.807) is 7.11 Å². The molecule has 1 N–H and O–H groups in total. The Morgan fingerprint density at radius 1 is 1.41 bits per heavy atom. The maximum atomic E-state index is 11.7. The molecule has 0 aliphatic heterocycles. The molecule has 7 heteroatoms. The van der Waals surface area contributed by atoms with E-state index in [9.17, 15) is 4.79 Å². The fraction of sp³-hybridized carbons (Fsp3) is 0.500. The van der Waals surface area contributed by atoms with Crippen LogP contribution in [0.5, 0.6) is 0 Å². The van der Waals surface area contributed by atoms with Crippen molar-refractivity contribution in [2.24, 2.45) is 0 Å². The summed E-state index contributed by atoms with van der Waals surface area (Å²) < 4.78 is 4.90. The van der Waals surface area contributed by atoms with Gasteiger partial charge < -0.3 is 10.1 Å². The number of hydrogen-bond acceptors (Lipinski definition) is 4. The summed E-state index contributed by atoms with van der Waals surface area (Å²) in [5, 5.41) is 9.99. The Kier molecular flexibility index (Phi) is 6.18. The van der Waals surface area contributed by atoms with Crippen LogP contribution in [-0.4, -0.2) is 36.4 Å². The maximum Gasteiger partial charge on any atom is 0.254 e. The fourth-order valence-corrected chi connectivity index (χ4v) is 1.51. The van der Waals surface area contributed by atoms with E-state index in [4.69, 9.17) is 27.9 Å². The molecule has 1 amide bonds. The predicted octanol–water partition coefficient (Wildman–Crippen LogP) is 1.94. The third kappa shape index (κ3) is 4.85. The molecule has 0 radical (unpaired) electrons. The van der Waals surface area contributed by atoms with Crippen molar-refractivity contribution in [2.75, 3.05) is 20.3 Å². The Bertz CT molecular complexity index is 388. The second kappa shape index (κ2) is 7.42. The minimum atomic E-state index is -0.302. The summed E-state index contributed by atoms with van der Waals surface area (Å²) in [6.45, 7) is 1.23. The lowest BCUT2D eigenvalue weighted by Gasteiger charge is -2.05. The smallest absolute Gasteiger partial charge is 0.254 e. The van der Waals surface area contributed by atoms with Gasteiger partial charge in [0.25, 0.3) is 5.91 Å². The minimum absolute atomic E-state index is 0.0452. The van der Waals surface area contributed by atoms with Crippen molar-refractivity contribution in [1.29, 1.82) is 0 Å². The van der Waals surface area contributed by atoms with Crippen LogP contribution in [0, 0.1) is 0 Å². The standard InChI is InChI=1S/C10H13Cl2N3O2/c1-17-5-3-2-4-13-10(16)7-6-8(11)14-15-9(7)12/h6H,2-5H2,1H3,(H,13,16). The number of nitrogens with zero attached hydrogens (tertiary/aromatic N) is 2. The molecule has 0 bridgehead atoms. The van der Waals surface area contributed by atoms with Crippen molar-refractivity contribution in [1.82, 2.24) is 15.5 Å². The maximum absolute atomic E-state index is 11.7. The van der Waals surface area contributed by atoms with Gasteiger partial charge in [-0.1, -0.05) is 23.2 Å². The van der Waals surface area contributed by atoms with Gasteiger partial charge in [0.15, 0.2) is 10.3 Å². The molecule has 1 rings (SSSR count). The molecule has 0 atom stereocenters. The van der Waals surface area contributed by atoms with E-state index in [2.05, 4.69) is 15.5 Å². The van der Waals surface area contributed by atoms with Crippen molar-refractivity contribution in [3.05, 3.63) is 21.9 Å². The molecular weight excluding hydrogens is 265 g/mol. The number of hydrogen-bond donors (Lipinski definition) is 1. The zero-order valence-corrected chi connectivity index (χ0v) is 10.9. The third-order valence-corrected chi connectivity index (χ3v) is 2.49. The van der Waals surface area contributed by atoms with Crippen LogP contribution in [0.15, 0.2) is 6.07 Å². The lowest BCUT2D eigenvalue weighted by atomic mass is 10.2. The largest absolute Gasteiger partial charge is 0.385 e. The van der Waals surface area contributed by atoms with Gasteiger partial charge in [0.1, 0.15) is 0 Å². The van der Waals surface area contributed by atoms with Gasteiger partial charge >= 0.3 is 0 Å². The van der Waals surface area contributed by atoms with E-state index in [0.717, 1.165) is 12.8 Å². The number of carbonyl (C=O) groups is 1. The lowest BCUT2D eigenvalue weighted by molar-refractivity contribution is 0.0951. The lowest BCUT2D eigenvalue weighted by Crippen LogP contribution is -2.25. The highest BCUT2D eigenvalue weighted by Crippen LogP contribution is 2.14. The second-order valence-electron chi connectivity index (χ2n) is 3.33. The zero-order valence-electron chi connectivity index (χ0n) is 9.37. The molecule has 17 heavy (non-hydrogen) atoms. The van der Waals surface area contributed by atoms with E-state index >= 15 is 0 Å². The third-order valence-electron chi connectivity index (χ3n) is 2.02. The fourth-order valence-electron chi connectivity index (χ4n) is 1.18. The highest BCUT2D eigenvalue weighted by molar-refractivity contribution is 6.34. The van der Waals surface area contributed by atoms with E-state index < -0.39 is 0 Å². The first-order valence-corrected chi connectivity index (χ1v) is 5.86. The average molecular weight is 278 g/mol. The Labute approximate surface area is 109 Å². The topological polar surface area (TPSA) is 64.1 Å². The number of methoxy groups -OCH3 is 1. The highest BCUT2D eigenvalue weighted by Gasteiger charge is 2.12. The van der Waals surface area contributed by atoms with E-state index in [1.807, 2.05) is 0 Å². The quantitative estimate of drug-likeness (QED) is 0.808. The van der Waals surface area contributed by atoms with Gasteiger partial charge in [0.2, 0.25) is 0 Å². The molecule has 0 spiro atoms. The van der Waals surface area contributed by atoms with Gasteiger partial charge in [0.05, 0.1) is 5.56 Å². The summed E-state index contributed by atoms with van der Waals surface area (Å²) >= 11 is 11.4. The first-order valence-electron chi connectivity index (χ1n) is 5.11. The second-order valence-corrected chi connectivity index (χ2v) is 4.07. The van der Waals surface area contributed by atoms with Gasteiger partial charge in [-0.2, -0.15) is 0 Å². The normalized spacial score (nSPS) is 10.3. The van der Waals surface area contributed by atoms with Crippen molar-refractivity contribution in [3.63, 3.8) is 0 Å². The number of carbonyl (C=O) groups excluding carboxylic acids is 1. The highest BCUT2D eigenvalue weighted by atomic mass is 35.5. The number of nitrogens with one attached hydrogen (secondary N) is 1. The number of ether oxygens (including phenoxy) is 1. The molecule has 1 heterocycles. The molecule has 94 valence electrons. The molecule has 1 aromatic rings. The van der Waals surface area contributed by atoms with Gasteiger partial charge in [-0.05, 0) is 18.9 Å². The van der Waals surface area contributed by atoms with Crippen molar-refractivity contribution >= 4 is 29.1 Å². The molecule has 0 fully saturated rings. The molecule has 0 aliphatic carbocycles. The number of amides is 1. The van der Waals surface area contributed by atoms with Crippen LogP contribution < -0.4 is 5.32 Å². The molecule has 0 saturated carbocycles. The van der Waals surface area contributed by atoms with Crippen LogP contribution in [0.2, 0.25) is 10.3 Å². The monoisotopic (exact) mass is 277 g/mol. The summed E-state index contributed by atoms with van der Waals surface area (Å²) in [6, 6.07) is 1.39. The van der Waals surface area contributed by atoms with Crippen molar-refractivity contribution < 1.29 is 9.53 Å². The number of rotatable bonds is 6. The van der Waals surface area contributed by atoms with Gasteiger partial charge in [-0.3, -0.25) is 4.79 Å². The number of halogens is 2.